The SMILES string of the molecule is NCCC(c1ccccc1)c1c[nH]c2ccncc12. The van der Waals surface area contributed by atoms with Crippen LogP contribution in [0.2, 0.25) is 0 Å². The van der Waals surface area contributed by atoms with Crippen molar-refractivity contribution in [1.82, 2.24) is 9.97 Å². The fourth-order valence-electron chi connectivity index (χ4n) is 2.63. The van der Waals surface area contributed by atoms with E-state index in [0.717, 1.165) is 11.9 Å². The average Bonchev–Trinajstić information content (AvgIpc) is 2.89. The van der Waals surface area contributed by atoms with Crippen molar-refractivity contribution in [3.63, 3.8) is 0 Å². The van der Waals surface area contributed by atoms with E-state index in [0.29, 0.717) is 12.5 Å². The first-order valence-corrected chi connectivity index (χ1v) is 6.56. The zero-order valence-corrected chi connectivity index (χ0v) is 10.7. The molecule has 0 saturated heterocycles. The van der Waals surface area contributed by atoms with Gasteiger partial charge >= 0.3 is 0 Å². The van der Waals surface area contributed by atoms with Crippen LogP contribution in [0.3, 0.4) is 0 Å². The Balaban J connectivity index is 2.10. The molecular weight excluding hydrogens is 234 g/mol. The highest BCUT2D eigenvalue weighted by molar-refractivity contribution is 5.83. The van der Waals surface area contributed by atoms with Gasteiger partial charge < -0.3 is 10.7 Å². The van der Waals surface area contributed by atoms with E-state index in [1.165, 1.54) is 16.5 Å². The summed E-state index contributed by atoms with van der Waals surface area (Å²) in [5.41, 5.74) is 9.50. The highest BCUT2D eigenvalue weighted by Crippen LogP contribution is 2.32. The van der Waals surface area contributed by atoms with Crippen molar-refractivity contribution < 1.29 is 0 Å². The summed E-state index contributed by atoms with van der Waals surface area (Å²) in [5.74, 6) is 0.323. The van der Waals surface area contributed by atoms with Crippen molar-refractivity contribution in [2.75, 3.05) is 6.54 Å². The number of fused-ring (bicyclic) bond motifs is 1. The lowest BCUT2D eigenvalue weighted by atomic mass is 9.89. The van der Waals surface area contributed by atoms with Crippen LogP contribution >= 0.6 is 0 Å². The third-order valence-corrected chi connectivity index (χ3v) is 3.55. The number of aromatic nitrogens is 2. The number of pyridine rings is 1. The number of benzene rings is 1. The van der Waals surface area contributed by atoms with E-state index in [-0.39, 0.29) is 0 Å². The molecule has 0 aliphatic heterocycles. The van der Waals surface area contributed by atoms with E-state index in [9.17, 15) is 0 Å². The molecule has 96 valence electrons. The quantitative estimate of drug-likeness (QED) is 0.748. The van der Waals surface area contributed by atoms with Gasteiger partial charge in [0.1, 0.15) is 0 Å². The summed E-state index contributed by atoms with van der Waals surface area (Å²) >= 11 is 0. The maximum Gasteiger partial charge on any atom is 0.0488 e. The number of rotatable bonds is 4. The molecule has 19 heavy (non-hydrogen) atoms. The van der Waals surface area contributed by atoms with Gasteiger partial charge in [0.15, 0.2) is 0 Å². The number of nitrogens with one attached hydrogen (secondary N) is 1. The van der Waals surface area contributed by atoms with Crippen LogP contribution in [-0.2, 0) is 0 Å². The number of nitrogens with two attached hydrogens (primary N) is 1. The van der Waals surface area contributed by atoms with Gasteiger partial charge in [-0.15, -0.1) is 0 Å². The van der Waals surface area contributed by atoms with Gasteiger partial charge in [-0.25, -0.2) is 0 Å². The second kappa shape index (κ2) is 5.24. The maximum atomic E-state index is 5.79. The summed E-state index contributed by atoms with van der Waals surface area (Å²) < 4.78 is 0. The summed E-state index contributed by atoms with van der Waals surface area (Å²) in [5, 5.41) is 1.19. The monoisotopic (exact) mass is 251 g/mol. The van der Waals surface area contributed by atoms with Crippen molar-refractivity contribution in [3.05, 3.63) is 66.1 Å². The Labute approximate surface area is 112 Å². The fourth-order valence-corrected chi connectivity index (χ4v) is 2.63. The summed E-state index contributed by atoms with van der Waals surface area (Å²) in [4.78, 5) is 7.55. The minimum absolute atomic E-state index is 0.323. The van der Waals surface area contributed by atoms with Crippen molar-refractivity contribution in [2.45, 2.75) is 12.3 Å². The van der Waals surface area contributed by atoms with Gasteiger partial charge in [0.2, 0.25) is 0 Å². The van der Waals surface area contributed by atoms with Crippen LogP contribution in [0.1, 0.15) is 23.5 Å². The molecule has 1 atom stereocenters. The van der Waals surface area contributed by atoms with Crippen molar-refractivity contribution in [1.29, 1.82) is 0 Å². The normalized spacial score (nSPS) is 12.7. The molecule has 0 aliphatic carbocycles. The molecule has 3 rings (SSSR count). The van der Waals surface area contributed by atoms with Crippen LogP contribution < -0.4 is 5.73 Å². The first kappa shape index (κ1) is 11.9. The molecule has 3 aromatic rings. The number of aromatic amines is 1. The summed E-state index contributed by atoms with van der Waals surface area (Å²) in [6.45, 7) is 0.673. The van der Waals surface area contributed by atoms with E-state index in [2.05, 4.69) is 40.4 Å². The Bertz CT molecular complexity index is 658. The fraction of sp³-hybridized carbons (Fsp3) is 0.188. The maximum absolute atomic E-state index is 5.79. The van der Waals surface area contributed by atoms with E-state index in [1.807, 2.05) is 24.5 Å². The van der Waals surface area contributed by atoms with Crippen molar-refractivity contribution >= 4 is 10.9 Å². The molecule has 2 heterocycles. The topological polar surface area (TPSA) is 54.7 Å². The van der Waals surface area contributed by atoms with Crippen LogP contribution in [0.25, 0.3) is 10.9 Å². The first-order valence-electron chi connectivity index (χ1n) is 6.56. The van der Waals surface area contributed by atoms with Crippen LogP contribution in [-0.4, -0.2) is 16.5 Å². The number of hydrogen-bond donors (Lipinski definition) is 2. The predicted molar refractivity (Wildman–Crippen MR) is 78.1 cm³/mol. The molecule has 0 spiro atoms. The Hall–Kier alpha value is -2.13. The Morgan fingerprint density at radius 2 is 2.00 bits per heavy atom. The van der Waals surface area contributed by atoms with Crippen molar-refractivity contribution in [2.24, 2.45) is 5.73 Å². The zero-order valence-electron chi connectivity index (χ0n) is 10.7. The molecule has 0 amide bonds. The lowest BCUT2D eigenvalue weighted by molar-refractivity contribution is 0.730. The summed E-state index contributed by atoms with van der Waals surface area (Å²) in [6, 6.07) is 12.5. The molecule has 3 nitrogen and oxygen atoms in total. The van der Waals surface area contributed by atoms with E-state index in [4.69, 9.17) is 5.73 Å². The van der Waals surface area contributed by atoms with Crippen LogP contribution in [0, 0.1) is 0 Å². The summed E-state index contributed by atoms with van der Waals surface area (Å²) in [6.07, 6.45) is 6.75. The molecule has 3 N–H and O–H groups in total. The third kappa shape index (κ3) is 2.25. The van der Waals surface area contributed by atoms with E-state index < -0.39 is 0 Å². The van der Waals surface area contributed by atoms with Crippen molar-refractivity contribution in [3.8, 4) is 0 Å². The van der Waals surface area contributed by atoms with E-state index in [1.54, 1.807) is 0 Å². The van der Waals surface area contributed by atoms with Gasteiger partial charge in [0.05, 0.1) is 0 Å². The lowest BCUT2D eigenvalue weighted by Gasteiger charge is -2.16. The number of hydrogen-bond acceptors (Lipinski definition) is 2. The lowest BCUT2D eigenvalue weighted by Crippen LogP contribution is -2.08. The number of nitrogens with zero attached hydrogens (tertiary/aromatic N) is 1. The van der Waals surface area contributed by atoms with Gasteiger partial charge in [-0.2, -0.15) is 0 Å². The second-order valence-electron chi connectivity index (χ2n) is 4.71. The Morgan fingerprint density at radius 1 is 1.16 bits per heavy atom. The highest BCUT2D eigenvalue weighted by atomic mass is 14.7. The Kier molecular flexibility index (Phi) is 3.29. The smallest absolute Gasteiger partial charge is 0.0488 e. The molecular formula is C16H17N3. The Morgan fingerprint density at radius 3 is 2.79 bits per heavy atom. The average molecular weight is 251 g/mol. The molecule has 0 saturated carbocycles. The molecule has 0 aliphatic rings. The molecule has 0 bridgehead atoms. The molecule has 0 fully saturated rings. The minimum atomic E-state index is 0.323. The van der Waals surface area contributed by atoms with Gasteiger partial charge in [-0.3, -0.25) is 4.98 Å². The predicted octanol–water partition coefficient (Wildman–Crippen LogP) is 3.04. The van der Waals surface area contributed by atoms with Crippen LogP contribution in [0.15, 0.2) is 55.0 Å². The second-order valence-corrected chi connectivity index (χ2v) is 4.71. The van der Waals surface area contributed by atoms with Gasteiger partial charge in [-0.1, -0.05) is 30.3 Å². The third-order valence-electron chi connectivity index (χ3n) is 3.55. The highest BCUT2D eigenvalue weighted by Gasteiger charge is 2.17. The molecule has 1 aromatic carbocycles. The van der Waals surface area contributed by atoms with Crippen LogP contribution in [0.5, 0.6) is 0 Å². The van der Waals surface area contributed by atoms with Gasteiger partial charge in [0.25, 0.3) is 0 Å². The molecule has 2 aromatic heterocycles. The van der Waals surface area contributed by atoms with Crippen LogP contribution in [0.4, 0.5) is 0 Å². The van der Waals surface area contributed by atoms with Gasteiger partial charge in [-0.05, 0) is 30.2 Å². The minimum Gasteiger partial charge on any atom is -0.361 e. The zero-order chi connectivity index (χ0) is 13.1. The molecule has 1 unspecified atom stereocenters. The van der Waals surface area contributed by atoms with Gasteiger partial charge in [0, 0.05) is 35.4 Å². The summed E-state index contributed by atoms with van der Waals surface area (Å²) in [7, 11) is 0. The number of H-pyrrole nitrogens is 1. The molecule has 0 radical (unpaired) electrons. The molecule has 3 heteroatoms. The first-order chi connectivity index (χ1) is 9.40. The largest absolute Gasteiger partial charge is 0.361 e. The standard InChI is InChI=1S/C16H17N3/c17-8-6-13(12-4-2-1-3-5-12)14-11-19-16-7-9-18-10-15(14)16/h1-5,7,9-11,13,19H,6,8,17H2. The van der Waals surface area contributed by atoms with E-state index >= 15 is 0 Å².